The third-order valence-corrected chi connectivity index (χ3v) is 4.73. The quantitative estimate of drug-likeness (QED) is 0.883. The Hall–Kier alpha value is -1.96. The Labute approximate surface area is 158 Å². The van der Waals surface area contributed by atoms with E-state index in [1.54, 1.807) is 24.4 Å². The lowest BCUT2D eigenvalue weighted by Crippen LogP contribution is -2.55. The van der Waals surface area contributed by atoms with Crippen molar-refractivity contribution in [1.82, 2.24) is 15.3 Å². The maximum atomic E-state index is 13.3. The van der Waals surface area contributed by atoms with Gasteiger partial charge in [0.1, 0.15) is 11.6 Å². The molecular formula is C18H22ClFN4O2. The van der Waals surface area contributed by atoms with Crippen molar-refractivity contribution < 1.29 is 13.9 Å². The van der Waals surface area contributed by atoms with E-state index in [0.29, 0.717) is 17.6 Å². The van der Waals surface area contributed by atoms with Crippen molar-refractivity contribution in [3.8, 4) is 11.6 Å². The molecule has 8 heteroatoms. The second-order valence-electron chi connectivity index (χ2n) is 6.45. The minimum atomic E-state index is -0.339. The lowest BCUT2D eigenvalue weighted by molar-refractivity contribution is -0.0800. The summed E-state index contributed by atoms with van der Waals surface area (Å²) in [6, 6.07) is 7.69. The van der Waals surface area contributed by atoms with Crippen LogP contribution in [0.5, 0.6) is 11.6 Å². The molecule has 26 heavy (non-hydrogen) atoms. The Morgan fingerprint density at radius 3 is 2.81 bits per heavy atom. The van der Waals surface area contributed by atoms with Crippen molar-refractivity contribution in [2.24, 2.45) is 0 Å². The molecule has 0 atom stereocenters. The number of aromatic nitrogens is 2. The molecule has 3 heterocycles. The molecule has 140 valence electrons. The van der Waals surface area contributed by atoms with Gasteiger partial charge in [-0.25, -0.2) is 9.37 Å². The number of hydrogen-bond acceptors (Lipinski definition) is 6. The zero-order valence-electron chi connectivity index (χ0n) is 14.4. The molecule has 4 rings (SSSR count). The summed E-state index contributed by atoms with van der Waals surface area (Å²) in [6.45, 7) is 4.28. The van der Waals surface area contributed by atoms with Crippen molar-refractivity contribution >= 4 is 18.4 Å². The first-order valence-corrected chi connectivity index (χ1v) is 8.59. The molecule has 0 radical (unpaired) electrons. The second kappa shape index (κ2) is 8.16. The fourth-order valence-corrected chi connectivity index (χ4v) is 3.34. The Morgan fingerprint density at radius 2 is 2.08 bits per heavy atom. The summed E-state index contributed by atoms with van der Waals surface area (Å²) in [6.07, 6.45) is 3.55. The van der Waals surface area contributed by atoms with Crippen LogP contribution in [-0.4, -0.2) is 48.4 Å². The topological polar surface area (TPSA) is 59.5 Å². The van der Waals surface area contributed by atoms with Crippen LogP contribution in [-0.2, 0) is 4.74 Å². The van der Waals surface area contributed by atoms with Crippen LogP contribution in [0.4, 0.5) is 10.3 Å². The molecule has 0 saturated carbocycles. The molecule has 1 spiro atoms. The summed E-state index contributed by atoms with van der Waals surface area (Å²) in [5.74, 6) is 1.12. The number of halogens is 2. The maximum Gasteiger partial charge on any atom is 0.228 e. The van der Waals surface area contributed by atoms with Gasteiger partial charge in [-0.15, -0.1) is 12.4 Å². The van der Waals surface area contributed by atoms with Gasteiger partial charge in [-0.1, -0.05) is 6.07 Å². The number of ether oxygens (including phenoxy) is 2. The fraction of sp³-hybridized carbons (Fsp3) is 0.444. The summed E-state index contributed by atoms with van der Waals surface area (Å²) < 4.78 is 24.9. The Morgan fingerprint density at radius 1 is 1.23 bits per heavy atom. The van der Waals surface area contributed by atoms with Gasteiger partial charge in [0.05, 0.1) is 12.2 Å². The van der Waals surface area contributed by atoms with E-state index < -0.39 is 0 Å². The van der Waals surface area contributed by atoms with Crippen LogP contribution in [0.1, 0.15) is 12.8 Å². The molecule has 6 nitrogen and oxygen atoms in total. The summed E-state index contributed by atoms with van der Waals surface area (Å²) >= 11 is 0. The highest BCUT2D eigenvalue weighted by atomic mass is 35.5. The Bertz CT molecular complexity index is 733. The molecule has 1 aromatic carbocycles. The highest BCUT2D eigenvalue weighted by Crippen LogP contribution is 2.29. The van der Waals surface area contributed by atoms with Crippen molar-refractivity contribution in [3.05, 3.63) is 42.3 Å². The summed E-state index contributed by atoms with van der Waals surface area (Å²) in [7, 11) is 0. The van der Waals surface area contributed by atoms with E-state index in [2.05, 4.69) is 20.2 Å². The minimum Gasteiger partial charge on any atom is -0.439 e. The predicted octanol–water partition coefficient (Wildman–Crippen LogP) is 2.79. The summed E-state index contributed by atoms with van der Waals surface area (Å²) in [4.78, 5) is 11.0. The molecule has 1 N–H and O–H groups in total. The highest BCUT2D eigenvalue weighted by Gasteiger charge is 2.37. The largest absolute Gasteiger partial charge is 0.439 e. The lowest BCUT2D eigenvalue weighted by atomic mass is 9.90. The van der Waals surface area contributed by atoms with E-state index in [9.17, 15) is 4.39 Å². The van der Waals surface area contributed by atoms with E-state index in [1.165, 1.54) is 12.1 Å². The molecule has 0 unspecified atom stereocenters. The third-order valence-electron chi connectivity index (χ3n) is 4.73. The van der Waals surface area contributed by atoms with Crippen LogP contribution >= 0.6 is 12.4 Å². The standard InChI is InChI=1S/C18H21FN4O2.ClH/c19-14-2-1-3-15(12-14)25-16-4-7-21-17(22-16)23-9-5-18(6-10-23)13-20-8-11-24-18;/h1-4,7,12,20H,5-6,8-11,13H2;1H. The monoisotopic (exact) mass is 380 g/mol. The average molecular weight is 381 g/mol. The molecule has 0 amide bonds. The molecule has 2 saturated heterocycles. The van der Waals surface area contributed by atoms with Gasteiger partial charge >= 0.3 is 0 Å². The van der Waals surface area contributed by atoms with Gasteiger partial charge in [-0.2, -0.15) is 4.98 Å². The fourth-order valence-electron chi connectivity index (χ4n) is 3.34. The average Bonchev–Trinajstić information content (AvgIpc) is 2.63. The van der Waals surface area contributed by atoms with Crippen LogP contribution in [0.2, 0.25) is 0 Å². The van der Waals surface area contributed by atoms with Crippen LogP contribution in [0.15, 0.2) is 36.5 Å². The number of hydrogen-bond donors (Lipinski definition) is 1. The number of nitrogens with zero attached hydrogens (tertiary/aromatic N) is 3. The lowest BCUT2D eigenvalue weighted by Gasteiger charge is -2.44. The predicted molar refractivity (Wildman–Crippen MR) is 98.8 cm³/mol. The van der Waals surface area contributed by atoms with Crippen molar-refractivity contribution in [2.75, 3.05) is 37.7 Å². The first-order chi connectivity index (χ1) is 12.2. The summed E-state index contributed by atoms with van der Waals surface area (Å²) in [5.41, 5.74) is -0.0512. The van der Waals surface area contributed by atoms with Gasteiger partial charge in [0, 0.05) is 44.5 Å². The number of piperidine rings is 1. The SMILES string of the molecule is Cl.Fc1cccc(Oc2ccnc(N3CCC4(CC3)CNCCO4)n2)c1. The molecule has 2 aliphatic rings. The van der Waals surface area contributed by atoms with Gasteiger partial charge in [-0.3, -0.25) is 0 Å². The van der Waals surface area contributed by atoms with Crippen LogP contribution < -0.4 is 15.0 Å². The summed E-state index contributed by atoms with van der Waals surface area (Å²) in [5, 5.41) is 3.42. The van der Waals surface area contributed by atoms with Crippen LogP contribution in [0, 0.1) is 5.82 Å². The second-order valence-corrected chi connectivity index (χ2v) is 6.45. The van der Waals surface area contributed by atoms with Gasteiger partial charge in [0.15, 0.2) is 0 Å². The van der Waals surface area contributed by atoms with E-state index in [1.807, 2.05) is 0 Å². The first-order valence-electron chi connectivity index (χ1n) is 8.59. The first kappa shape index (κ1) is 18.8. The molecule has 0 bridgehead atoms. The van der Waals surface area contributed by atoms with Gasteiger partial charge in [0.2, 0.25) is 11.8 Å². The van der Waals surface area contributed by atoms with E-state index >= 15 is 0 Å². The number of anilines is 1. The Kier molecular flexibility index (Phi) is 5.90. The van der Waals surface area contributed by atoms with Crippen molar-refractivity contribution in [1.29, 1.82) is 0 Å². The van der Waals surface area contributed by atoms with E-state index in [-0.39, 0.29) is 23.8 Å². The molecule has 2 fully saturated rings. The smallest absolute Gasteiger partial charge is 0.228 e. The van der Waals surface area contributed by atoms with Gasteiger partial charge in [0.25, 0.3) is 0 Å². The molecular weight excluding hydrogens is 359 g/mol. The van der Waals surface area contributed by atoms with Crippen LogP contribution in [0.3, 0.4) is 0 Å². The zero-order chi connectivity index (χ0) is 17.1. The van der Waals surface area contributed by atoms with Gasteiger partial charge in [-0.05, 0) is 25.0 Å². The van der Waals surface area contributed by atoms with E-state index in [0.717, 1.165) is 45.6 Å². The zero-order valence-corrected chi connectivity index (χ0v) is 15.2. The number of morpholine rings is 1. The maximum absolute atomic E-state index is 13.3. The molecule has 2 aliphatic heterocycles. The number of benzene rings is 1. The molecule has 0 aliphatic carbocycles. The Balaban J connectivity index is 0.00000196. The highest BCUT2D eigenvalue weighted by molar-refractivity contribution is 5.85. The third kappa shape index (κ3) is 4.23. The minimum absolute atomic E-state index is 0. The number of rotatable bonds is 3. The molecule has 2 aromatic rings. The molecule has 1 aromatic heterocycles. The van der Waals surface area contributed by atoms with Crippen molar-refractivity contribution in [2.45, 2.75) is 18.4 Å². The normalized spacial score (nSPS) is 19.0. The van der Waals surface area contributed by atoms with Gasteiger partial charge < -0.3 is 19.7 Å². The number of nitrogens with one attached hydrogen (secondary N) is 1. The van der Waals surface area contributed by atoms with E-state index in [4.69, 9.17) is 9.47 Å². The van der Waals surface area contributed by atoms with Crippen molar-refractivity contribution in [3.63, 3.8) is 0 Å². The van der Waals surface area contributed by atoms with Crippen LogP contribution in [0.25, 0.3) is 0 Å².